The summed E-state index contributed by atoms with van der Waals surface area (Å²) in [6.45, 7) is 2.11. The third-order valence-corrected chi connectivity index (χ3v) is 2.75. The Labute approximate surface area is 91.1 Å². The van der Waals surface area contributed by atoms with Gasteiger partial charge in [0.1, 0.15) is 0 Å². The molecule has 15 heavy (non-hydrogen) atoms. The van der Waals surface area contributed by atoms with Crippen molar-refractivity contribution in [3.8, 4) is 0 Å². The average Bonchev–Trinajstić information content (AvgIpc) is 2.30. The summed E-state index contributed by atoms with van der Waals surface area (Å²) in [4.78, 5) is 0. The van der Waals surface area contributed by atoms with E-state index in [4.69, 9.17) is 4.74 Å². The molecule has 1 unspecified atom stereocenters. The van der Waals surface area contributed by atoms with E-state index in [1.165, 1.54) is 16.7 Å². The van der Waals surface area contributed by atoms with Gasteiger partial charge < -0.3 is 4.74 Å². The lowest BCUT2D eigenvalue weighted by Crippen LogP contribution is -2.07. The van der Waals surface area contributed by atoms with Crippen molar-refractivity contribution in [2.75, 3.05) is 7.11 Å². The monoisotopic (exact) mass is 200 g/mol. The Hall–Kier alpha value is -1.34. The van der Waals surface area contributed by atoms with Crippen LogP contribution in [0.2, 0.25) is 0 Å². The van der Waals surface area contributed by atoms with E-state index in [-0.39, 0.29) is 6.10 Å². The highest BCUT2D eigenvalue weighted by molar-refractivity contribution is 5.75. The summed E-state index contributed by atoms with van der Waals surface area (Å²) in [6, 6.07) is 8.62. The number of methoxy groups -OCH3 is 1. The van der Waals surface area contributed by atoms with Crippen LogP contribution in [0.5, 0.6) is 0 Å². The van der Waals surface area contributed by atoms with E-state index in [1.807, 2.05) is 0 Å². The smallest absolute Gasteiger partial charge is 0.0790 e. The van der Waals surface area contributed by atoms with Gasteiger partial charge in [0, 0.05) is 7.11 Å². The molecule has 1 heteroatoms. The molecule has 0 N–H and O–H groups in total. The van der Waals surface area contributed by atoms with Gasteiger partial charge in [-0.25, -0.2) is 0 Å². The van der Waals surface area contributed by atoms with Crippen molar-refractivity contribution in [1.82, 2.24) is 0 Å². The lowest BCUT2D eigenvalue weighted by Gasteiger charge is -2.14. The van der Waals surface area contributed by atoms with Crippen molar-refractivity contribution in [2.24, 2.45) is 0 Å². The first-order valence-corrected chi connectivity index (χ1v) is 5.28. The Morgan fingerprint density at radius 3 is 2.47 bits per heavy atom. The van der Waals surface area contributed by atoms with Gasteiger partial charge >= 0.3 is 0 Å². The van der Waals surface area contributed by atoms with Crippen molar-refractivity contribution in [3.05, 3.63) is 53.6 Å². The average molecular weight is 200 g/mol. The predicted octanol–water partition coefficient (Wildman–Crippen LogP) is 3.35. The molecule has 1 aromatic rings. The molecule has 0 aromatic heterocycles. The summed E-state index contributed by atoms with van der Waals surface area (Å²) in [7, 11) is 1.75. The van der Waals surface area contributed by atoms with Gasteiger partial charge in [0.2, 0.25) is 0 Å². The number of hydrogen-bond donors (Lipinski definition) is 0. The minimum atomic E-state index is 0.249. The van der Waals surface area contributed by atoms with E-state index >= 15 is 0 Å². The molecule has 0 aliphatic heterocycles. The molecule has 0 heterocycles. The van der Waals surface area contributed by atoms with Crippen molar-refractivity contribution in [3.63, 3.8) is 0 Å². The number of hydrogen-bond acceptors (Lipinski definition) is 1. The van der Waals surface area contributed by atoms with Crippen molar-refractivity contribution >= 4 is 5.57 Å². The van der Waals surface area contributed by atoms with Crippen LogP contribution in [0, 0.1) is 6.92 Å². The lowest BCUT2D eigenvalue weighted by molar-refractivity contribution is 0.143. The molecule has 0 radical (unpaired) electrons. The van der Waals surface area contributed by atoms with E-state index in [9.17, 15) is 0 Å². The summed E-state index contributed by atoms with van der Waals surface area (Å²) in [5, 5.41) is 0. The highest BCUT2D eigenvalue weighted by Gasteiger charge is 2.07. The second kappa shape index (κ2) is 4.45. The van der Waals surface area contributed by atoms with E-state index < -0.39 is 0 Å². The fourth-order valence-electron chi connectivity index (χ4n) is 1.74. The number of aryl methyl sites for hydroxylation is 1. The largest absolute Gasteiger partial charge is 0.377 e. The van der Waals surface area contributed by atoms with Crippen LogP contribution in [0.25, 0.3) is 5.57 Å². The Kier molecular flexibility index (Phi) is 3.02. The third-order valence-electron chi connectivity index (χ3n) is 2.75. The molecule has 1 aliphatic rings. The summed E-state index contributed by atoms with van der Waals surface area (Å²) >= 11 is 0. The van der Waals surface area contributed by atoms with Gasteiger partial charge in [0.25, 0.3) is 0 Å². The molecule has 1 aromatic carbocycles. The highest BCUT2D eigenvalue weighted by Crippen LogP contribution is 2.22. The van der Waals surface area contributed by atoms with Gasteiger partial charge in [0.15, 0.2) is 0 Å². The first-order valence-electron chi connectivity index (χ1n) is 5.28. The van der Waals surface area contributed by atoms with Crippen LogP contribution < -0.4 is 0 Å². The second-order valence-corrected chi connectivity index (χ2v) is 3.89. The van der Waals surface area contributed by atoms with Crippen LogP contribution in [-0.4, -0.2) is 13.2 Å². The lowest BCUT2D eigenvalue weighted by atomic mass is 9.98. The summed E-state index contributed by atoms with van der Waals surface area (Å²) < 4.78 is 5.26. The van der Waals surface area contributed by atoms with Crippen LogP contribution in [0.4, 0.5) is 0 Å². The van der Waals surface area contributed by atoms with Crippen LogP contribution in [0.3, 0.4) is 0 Å². The zero-order valence-corrected chi connectivity index (χ0v) is 9.23. The van der Waals surface area contributed by atoms with Crippen molar-refractivity contribution < 1.29 is 4.74 Å². The van der Waals surface area contributed by atoms with E-state index in [2.05, 4.69) is 49.4 Å². The molecule has 0 saturated heterocycles. The van der Waals surface area contributed by atoms with Gasteiger partial charge in [-0.2, -0.15) is 0 Å². The minimum Gasteiger partial charge on any atom is -0.377 e. The maximum Gasteiger partial charge on any atom is 0.0790 e. The number of rotatable bonds is 2. The molecule has 1 atom stereocenters. The topological polar surface area (TPSA) is 9.23 Å². The highest BCUT2D eigenvalue weighted by atomic mass is 16.5. The maximum atomic E-state index is 5.26. The van der Waals surface area contributed by atoms with Crippen LogP contribution >= 0.6 is 0 Å². The van der Waals surface area contributed by atoms with E-state index in [1.54, 1.807) is 7.11 Å². The zero-order chi connectivity index (χ0) is 10.7. The molecule has 1 nitrogen and oxygen atoms in total. The summed E-state index contributed by atoms with van der Waals surface area (Å²) in [5.74, 6) is 0. The Bertz CT molecular complexity index is 384. The molecular formula is C14H16O. The van der Waals surface area contributed by atoms with E-state index in [0.29, 0.717) is 0 Å². The fraction of sp³-hybridized carbons (Fsp3) is 0.286. The van der Waals surface area contributed by atoms with Crippen LogP contribution in [0.1, 0.15) is 17.5 Å². The number of benzene rings is 1. The summed E-state index contributed by atoms with van der Waals surface area (Å²) in [6.07, 6.45) is 7.71. The second-order valence-electron chi connectivity index (χ2n) is 3.89. The van der Waals surface area contributed by atoms with Gasteiger partial charge in [0.05, 0.1) is 6.10 Å². The molecule has 0 bridgehead atoms. The first kappa shape index (κ1) is 10.2. The zero-order valence-electron chi connectivity index (χ0n) is 9.23. The Balaban J connectivity index is 2.17. The molecule has 0 fully saturated rings. The standard InChI is InChI=1S/C14H16O/c1-11-3-5-12(6-4-11)13-7-9-14(15-2)10-8-13/h3-9,14H,10H2,1-2H3. The van der Waals surface area contributed by atoms with E-state index in [0.717, 1.165) is 6.42 Å². The maximum absolute atomic E-state index is 5.26. The molecule has 78 valence electrons. The van der Waals surface area contributed by atoms with Crippen LogP contribution in [-0.2, 0) is 4.74 Å². The fourth-order valence-corrected chi connectivity index (χ4v) is 1.74. The van der Waals surface area contributed by atoms with Crippen molar-refractivity contribution in [2.45, 2.75) is 19.4 Å². The third kappa shape index (κ3) is 2.37. The SMILES string of the molecule is COC1C=CC(c2ccc(C)cc2)=CC1. The number of allylic oxidation sites excluding steroid dienone is 2. The Morgan fingerprint density at radius 2 is 1.93 bits per heavy atom. The van der Waals surface area contributed by atoms with Gasteiger partial charge in [-0.3, -0.25) is 0 Å². The van der Waals surface area contributed by atoms with Gasteiger partial charge in [-0.1, -0.05) is 48.1 Å². The molecule has 0 saturated carbocycles. The first-order chi connectivity index (χ1) is 7.29. The molecule has 0 spiro atoms. The normalized spacial score (nSPS) is 20.1. The Morgan fingerprint density at radius 1 is 1.20 bits per heavy atom. The number of ether oxygens (including phenoxy) is 1. The molecule has 1 aliphatic carbocycles. The molecule has 2 rings (SSSR count). The van der Waals surface area contributed by atoms with Crippen molar-refractivity contribution in [1.29, 1.82) is 0 Å². The van der Waals surface area contributed by atoms with Crippen LogP contribution in [0.15, 0.2) is 42.5 Å². The molecular weight excluding hydrogens is 184 g/mol. The predicted molar refractivity (Wildman–Crippen MR) is 63.7 cm³/mol. The quantitative estimate of drug-likeness (QED) is 0.711. The molecule has 0 amide bonds. The minimum absolute atomic E-state index is 0.249. The van der Waals surface area contributed by atoms with Gasteiger partial charge in [-0.05, 0) is 24.5 Å². The van der Waals surface area contributed by atoms with Gasteiger partial charge in [-0.15, -0.1) is 0 Å². The summed E-state index contributed by atoms with van der Waals surface area (Å²) in [5.41, 5.74) is 3.88.